The predicted molar refractivity (Wildman–Crippen MR) is 75.8 cm³/mol. The molecule has 1 atom stereocenters. The highest BCUT2D eigenvalue weighted by molar-refractivity contribution is 5.77. The summed E-state index contributed by atoms with van der Waals surface area (Å²) in [5.41, 5.74) is 0.633. The highest BCUT2D eigenvalue weighted by Crippen LogP contribution is 2.23. The van der Waals surface area contributed by atoms with Crippen LogP contribution in [-0.2, 0) is 9.53 Å². The normalized spacial score (nSPS) is 17.7. The molecule has 1 N–H and O–H groups in total. The number of esters is 1. The number of halogens is 1. The van der Waals surface area contributed by atoms with Crippen molar-refractivity contribution in [3.05, 3.63) is 35.6 Å². The van der Waals surface area contributed by atoms with Crippen molar-refractivity contribution in [3.8, 4) is 0 Å². The smallest absolute Gasteiger partial charge is 0.327 e. The number of benzene rings is 1. The van der Waals surface area contributed by atoms with Gasteiger partial charge in [-0.25, -0.2) is 9.18 Å². The standard InChI is InChI=1S/C16H22FNO2/c1-2-20-16(19)15(12-7-6-8-13(17)11-12)18-14-9-4-3-5-10-14/h6-8,11,14-15,18H,2-5,9-10H2,1H3. The monoisotopic (exact) mass is 279 g/mol. The fourth-order valence-electron chi connectivity index (χ4n) is 2.72. The quantitative estimate of drug-likeness (QED) is 0.840. The third kappa shape index (κ3) is 4.04. The van der Waals surface area contributed by atoms with E-state index in [0.29, 0.717) is 18.2 Å². The largest absolute Gasteiger partial charge is 0.465 e. The van der Waals surface area contributed by atoms with Gasteiger partial charge in [0.05, 0.1) is 6.61 Å². The molecule has 110 valence electrons. The van der Waals surface area contributed by atoms with Gasteiger partial charge in [0.1, 0.15) is 11.9 Å². The lowest BCUT2D eigenvalue weighted by molar-refractivity contribution is -0.146. The topological polar surface area (TPSA) is 38.3 Å². The number of hydrogen-bond acceptors (Lipinski definition) is 3. The van der Waals surface area contributed by atoms with Gasteiger partial charge in [-0.05, 0) is 37.5 Å². The number of nitrogens with one attached hydrogen (secondary N) is 1. The molecular formula is C16H22FNO2. The summed E-state index contributed by atoms with van der Waals surface area (Å²) in [7, 11) is 0. The van der Waals surface area contributed by atoms with Crippen molar-refractivity contribution >= 4 is 5.97 Å². The summed E-state index contributed by atoms with van der Waals surface area (Å²) in [6.45, 7) is 2.11. The summed E-state index contributed by atoms with van der Waals surface area (Å²) < 4.78 is 18.5. The van der Waals surface area contributed by atoms with Crippen LogP contribution in [0.4, 0.5) is 4.39 Å². The van der Waals surface area contributed by atoms with E-state index in [1.165, 1.54) is 31.4 Å². The highest BCUT2D eigenvalue weighted by Gasteiger charge is 2.26. The maximum absolute atomic E-state index is 13.4. The first-order chi connectivity index (χ1) is 9.70. The number of hydrogen-bond donors (Lipinski definition) is 1. The molecule has 4 heteroatoms. The molecule has 1 unspecified atom stereocenters. The molecule has 3 nitrogen and oxygen atoms in total. The van der Waals surface area contributed by atoms with Gasteiger partial charge in [0, 0.05) is 6.04 Å². The fraction of sp³-hybridized carbons (Fsp3) is 0.562. The Hall–Kier alpha value is -1.42. The highest BCUT2D eigenvalue weighted by atomic mass is 19.1. The first kappa shape index (κ1) is 15.0. The zero-order valence-electron chi connectivity index (χ0n) is 11.9. The van der Waals surface area contributed by atoms with Crippen LogP contribution in [0.3, 0.4) is 0 Å². The lowest BCUT2D eigenvalue weighted by Gasteiger charge is -2.27. The fourth-order valence-corrected chi connectivity index (χ4v) is 2.72. The Bertz CT molecular complexity index is 444. The molecule has 0 amide bonds. The summed E-state index contributed by atoms with van der Waals surface area (Å²) in [4.78, 5) is 12.1. The van der Waals surface area contributed by atoms with Crippen LogP contribution in [-0.4, -0.2) is 18.6 Å². The van der Waals surface area contributed by atoms with Gasteiger partial charge < -0.3 is 4.74 Å². The van der Waals surface area contributed by atoms with Crippen molar-refractivity contribution in [1.29, 1.82) is 0 Å². The van der Waals surface area contributed by atoms with Crippen molar-refractivity contribution < 1.29 is 13.9 Å². The van der Waals surface area contributed by atoms with Crippen LogP contribution in [0.2, 0.25) is 0 Å². The summed E-state index contributed by atoms with van der Waals surface area (Å²) in [5, 5.41) is 3.34. The molecule has 0 bridgehead atoms. The lowest BCUT2D eigenvalue weighted by atomic mass is 9.94. The predicted octanol–water partition coefficient (Wildman–Crippen LogP) is 3.35. The third-order valence-electron chi connectivity index (χ3n) is 3.71. The maximum Gasteiger partial charge on any atom is 0.327 e. The number of rotatable bonds is 5. The second kappa shape index (κ2) is 7.39. The van der Waals surface area contributed by atoms with Gasteiger partial charge in [0.15, 0.2) is 0 Å². The average molecular weight is 279 g/mol. The minimum Gasteiger partial charge on any atom is -0.465 e. The third-order valence-corrected chi connectivity index (χ3v) is 3.71. The van der Waals surface area contributed by atoms with E-state index in [1.807, 2.05) is 0 Å². The Labute approximate surface area is 119 Å². The van der Waals surface area contributed by atoms with Gasteiger partial charge >= 0.3 is 5.97 Å². The second-order valence-electron chi connectivity index (χ2n) is 5.24. The van der Waals surface area contributed by atoms with E-state index in [1.54, 1.807) is 19.1 Å². The van der Waals surface area contributed by atoms with Gasteiger partial charge in [-0.3, -0.25) is 5.32 Å². The Morgan fingerprint density at radius 2 is 2.15 bits per heavy atom. The Morgan fingerprint density at radius 1 is 1.40 bits per heavy atom. The molecule has 20 heavy (non-hydrogen) atoms. The molecule has 0 radical (unpaired) electrons. The van der Waals surface area contributed by atoms with Crippen molar-refractivity contribution in [2.24, 2.45) is 0 Å². The first-order valence-electron chi connectivity index (χ1n) is 7.39. The minimum atomic E-state index is -0.575. The number of carbonyl (C=O) groups excluding carboxylic acids is 1. The van der Waals surface area contributed by atoms with Crippen LogP contribution in [0.5, 0.6) is 0 Å². The van der Waals surface area contributed by atoms with E-state index in [9.17, 15) is 9.18 Å². The second-order valence-corrected chi connectivity index (χ2v) is 5.24. The van der Waals surface area contributed by atoms with Crippen LogP contribution in [0.25, 0.3) is 0 Å². The number of carbonyl (C=O) groups is 1. The molecule has 1 aliphatic carbocycles. The van der Waals surface area contributed by atoms with Crippen molar-refractivity contribution in [2.45, 2.75) is 51.1 Å². The molecule has 1 aromatic carbocycles. The van der Waals surface area contributed by atoms with Crippen molar-refractivity contribution in [2.75, 3.05) is 6.61 Å². The maximum atomic E-state index is 13.4. The number of ether oxygens (including phenoxy) is 1. The van der Waals surface area contributed by atoms with Crippen molar-refractivity contribution in [1.82, 2.24) is 5.32 Å². The molecule has 0 spiro atoms. The lowest BCUT2D eigenvalue weighted by Crippen LogP contribution is -2.39. The summed E-state index contributed by atoms with van der Waals surface area (Å²) >= 11 is 0. The molecule has 0 aromatic heterocycles. The van der Waals surface area contributed by atoms with Crippen LogP contribution >= 0.6 is 0 Å². The van der Waals surface area contributed by atoms with E-state index >= 15 is 0 Å². The molecule has 0 aliphatic heterocycles. The van der Waals surface area contributed by atoms with Gasteiger partial charge in [-0.1, -0.05) is 31.4 Å². The van der Waals surface area contributed by atoms with Gasteiger partial charge in [0.25, 0.3) is 0 Å². The van der Waals surface area contributed by atoms with Gasteiger partial charge in [-0.2, -0.15) is 0 Å². The van der Waals surface area contributed by atoms with Gasteiger partial charge in [-0.15, -0.1) is 0 Å². The Kier molecular flexibility index (Phi) is 5.53. The molecule has 1 saturated carbocycles. The Morgan fingerprint density at radius 3 is 2.80 bits per heavy atom. The average Bonchev–Trinajstić information content (AvgIpc) is 2.46. The van der Waals surface area contributed by atoms with E-state index in [4.69, 9.17) is 4.74 Å². The zero-order chi connectivity index (χ0) is 14.4. The first-order valence-corrected chi connectivity index (χ1v) is 7.39. The molecule has 1 aliphatic rings. The summed E-state index contributed by atoms with van der Waals surface area (Å²) in [6, 6.07) is 5.90. The SMILES string of the molecule is CCOC(=O)C(NC1CCCCC1)c1cccc(F)c1. The van der Waals surface area contributed by atoms with Gasteiger partial charge in [0.2, 0.25) is 0 Å². The summed E-state index contributed by atoms with van der Waals surface area (Å²) in [6.07, 6.45) is 5.73. The van der Waals surface area contributed by atoms with E-state index in [2.05, 4.69) is 5.32 Å². The molecule has 0 heterocycles. The van der Waals surface area contributed by atoms with E-state index < -0.39 is 6.04 Å². The molecular weight excluding hydrogens is 257 g/mol. The Balaban J connectivity index is 2.13. The van der Waals surface area contributed by atoms with Crippen LogP contribution in [0.15, 0.2) is 24.3 Å². The molecule has 1 fully saturated rings. The van der Waals surface area contributed by atoms with Crippen LogP contribution < -0.4 is 5.32 Å². The molecule has 2 rings (SSSR count). The van der Waals surface area contributed by atoms with E-state index in [-0.39, 0.29) is 11.8 Å². The minimum absolute atomic E-state index is 0.307. The molecule has 0 saturated heterocycles. The summed E-state index contributed by atoms with van der Waals surface area (Å²) in [5.74, 6) is -0.661. The van der Waals surface area contributed by atoms with E-state index in [0.717, 1.165) is 12.8 Å². The van der Waals surface area contributed by atoms with Crippen LogP contribution in [0.1, 0.15) is 50.6 Å². The van der Waals surface area contributed by atoms with Crippen molar-refractivity contribution in [3.63, 3.8) is 0 Å². The zero-order valence-corrected chi connectivity index (χ0v) is 11.9. The molecule has 1 aromatic rings. The van der Waals surface area contributed by atoms with Crippen LogP contribution in [0, 0.1) is 5.82 Å².